The second-order valence-corrected chi connectivity index (χ2v) is 7.49. The van der Waals surface area contributed by atoms with E-state index in [9.17, 15) is 9.59 Å². The minimum atomic E-state index is -0.468. The molecular formula is C22H22ClN5O2. The molecule has 0 aliphatic heterocycles. The van der Waals surface area contributed by atoms with Crippen molar-refractivity contribution in [1.82, 2.24) is 24.0 Å². The standard InChI is InChI=1S/C22H22ClN5O2/c1-3-27-17-6-4-5-7-18(17)28(22(27)30)14-19(29)25-20(21-24-12-13-26(21)2)15-8-10-16(23)11-9-15/h4-13,20H,3,14H2,1-2H3,(H,25,29). The van der Waals surface area contributed by atoms with Gasteiger partial charge in [0.1, 0.15) is 18.4 Å². The van der Waals surface area contributed by atoms with Crippen LogP contribution in [0, 0.1) is 0 Å². The fourth-order valence-electron chi connectivity index (χ4n) is 3.69. The van der Waals surface area contributed by atoms with E-state index < -0.39 is 6.04 Å². The summed E-state index contributed by atoms with van der Waals surface area (Å²) in [5.74, 6) is 0.410. The molecule has 154 valence electrons. The van der Waals surface area contributed by atoms with E-state index in [0.29, 0.717) is 17.4 Å². The lowest BCUT2D eigenvalue weighted by Gasteiger charge is -2.19. The van der Waals surface area contributed by atoms with Gasteiger partial charge in [0.2, 0.25) is 5.91 Å². The van der Waals surface area contributed by atoms with Gasteiger partial charge in [-0.3, -0.25) is 13.9 Å². The Morgan fingerprint density at radius 1 is 1.10 bits per heavy atom. The second-order valence-electron chi connectivity index (χ2n) is 7.05. The van der Waals surface area contributed by atoms with Crippen molar-refractivity contribution in [2.24, 2.45) is 7.05 Å². The summed E-state index contributed by atoms with van der Waals surface area (Å²) in [7, 11) is 1.87. The van der Waals surface area contributed by atoms with Crippen LogP contribution in [0.2, 0.25) is 5.02 Å². The summed E-state index contributed by atoms with van der Waals surface area (Å²) in [4.78, 5) is 30.3. The van der Waals surface area contributed by atoms with Gasteiger partial charge in [-0.25, -0.2) is 9.78 Å². The number of nitrogens with one attached hydrogen (secondary N) is 1. The number of nitrogens with zero attached hydrogens (tertiary/aromatic N) is 4. The number of imidazole rings is 2. The molecule has 2 aromatic heterocycles. The lowest BCUT2D eigenvalue weighted by Crippen LogP contribution is -2.36. The molecule has 8 heteroatoms. The lowest BCUT2D eigenvalue weighted by molar-refractivity contribution is -0.122. The molecule has 1 unspecified atom stereocenters. The van der Waals surface area contributed by atoms with Crippen LogP contribution < -0.4 is 11.0 Å². The minimum Gasteiger partial charge on any atom is -0.341 e. The summed E-state index contributed by atoms with van der Waals surface area (Å²) in [5.41, 5.74) is 2.20. The number of benzene rings is 2. The van der Waals surface area contributed by atoms with E-state index in [0.717, 1.165) is 16.6 Å². The molecule has 2 aromatic carbocycles. The van der Waals surface area contributed by atoms with Crippen molar-refractivity contribution in [2.75, 3.05) is 0 Å². The molecule has 0 fully saturated rings. The molecule has 4 aromatic rings. The maximum absolute atomic E-state index is 13.0. The van der Waals surface area contributed by atoms with Gasteiger partial charge in [-0.1, -0.05) is 35.9 Å². The van der Waals surface area contributed by atoms with Crippen LogP contribution in [0.4, 0.5) is 0 Å². The number of hydrogen-bond acceptors (Lipinski definition) is 3. The summed E-state index contributed by atoms with van der Waals surface area (Å²) < 4.78 is 5.03. The van der Waals surface area contributed by atoms with Gasteiger partial charge >= 0.3 is 5.69 Å². The molecule has 0 aliphatic carbocycles. The van der Waals surface area contributed by atoms with Crippen molar-refractivity contribution >= 4 is 28.5 Å². The highest BCUT2D eigenvalue weighted by Crippen LogP contribution is 2.22. The van der Waals surface area contributed by atoms with Gasteiger partial charge in [-0.2, -0.15) is 0 Å². The molecule has 0 spiro atoms. The third-order valence-electron chi connectivity index (χ3n) is 5.17. The number of carbonyl (C=O) groups excluding carboxylic acids is 1. The number of aromatic nitrogens is 4. The maximum atomic E-state index is 13.0. The molecule has 30 heavy (non-hydrogen) atoms. The zero-order valence-electron chi connectivity index (χ0n) is 16.7. The van der Waals surface area contributed by atoms with Crippen molar-refractivity contribution in [3.8, 4) is 0 Å². The summed E-state index contributed by atoms with van der Waals surface area (Å²) in [6.07, 6.45) is 3.51. The van der Waals surface area contributed by atoms with Gasteiger partial charge in [0.25, 0.3) is 0 Å². The fraction of sp³-hybridized carbons (Fsp3) is 0.227. The lowest BCUT2D eigenvalue weighted by atomic mass is 10.1. The van der Waals surface area contributed by atoms with Crippen LogP contribution in [0.15, 0.2) is 65.7 Å². The number of hydrogen-bond donors (Lipinski definition) is 1. The number of aryl methyl sites for hydroxylation is 2. The molecule has 0 bridgehead atoms. The maximum Gasteiger partial charge on any atom is 0.329 e. The SMILES string of the molecule is CCn1c(=O)n(CC(=O)NC(c2ccc(Cl)cc2)c2nccn2C)c2ccccc21. The van der Waals surface area contributed by atoms with Gasteiger partial charge < -0.3 is 9.88 Å². The van der Waals surface area contributed by atoms with Crippen molar-refractivity contribution in [3.63, 3.8) is 0 Å². The van der Waals surface area contributed by atoms with Gasteiger partial charge in [-0.15, -0.1) is 0 Å². The Kier molecular flexibility index (Phi) is 5.46. The van der Waals surface area contributed by atoms with Crippen LogP contribution in [0.3, 0.4) is 0 Å². The number of fused-ring (bicyclic) bond motifs is 1. The Morgan fingerprint density at radius 2 is 1.77 bits per heavy atom. The molecule has 7 nitrogen and oxygen atoms in total. The molecule has 4 rings (SSSR count). The normalized spacial score (nSPS) is 12.2. The third-order valence-corrected chi connectivity index (χ3v) is 5.42. The van der Waals surface area contributed by atoms with E-state index in [-0.39, 0.29) is 18.1 Å². The summed E-state index contributed by atoms with van der Waals surface area (Å²) >= 11 is 6.03. The quantitative estimate of drug-likeness (QED) is 0.517. The predicted molar refractivity (Wildman–Crippen MR) is 117 cm³/mol. The van der Waals surface area contributed by atoms with E-state index in [4.69, 9.17) is 11.6 Å². The number of halogens is 1. The first-order chi connectivity index (χ1) is 14.5. The van der Waals surface area contributed by atoms with Crippen molar-refractivity contribution in [2.45, 2.75) is 26.1 Å². The van der Waals surface area contributed by atoms with E-state index in [1.807, 2.05) is 61.1 Å². The zero-order chi connectivity index (χ0) is 21.3. The summed E-state index contributed by atoms with van der Waals surface area (Å²) in [5, 5.41) is 3.64. The highest BCUT2D eigenvalue weighted by molar-refractivity contribution is 6.30. The number of carbonyl (C=O) groups is 1. The zero-order valence-corrected chi connectivity index (χ0v) is 17.5. The largest absolute Gasteiger partial charge is 0.341 e. The van der Waals surface area contributed by atoms with Crippen molar-refractivity contribution in [3.05, 3.63) is 87.8 Å². The van der Waals surface area contributed by atoms with E-state index in [2.05, 4.69) is 10.3 Å². The van der Waals surface area contributed by atoms with E-state index >= 15 is 0 Å². The molecule has 0 aliphatic rings. The highest BCUT2D eigenvalue weighted by atomic mass is 35.5. The first-order valence-electron chi connectivity index (χ1n) is 9.69. The predicted octanol–water partition coefficient (Wildman–Crippen LogP) is 3.12. The van der Waals surface area contributed by atoms with Crippen LogP contribution in [0.5, 0.6) is 0 Å². The van der Waals surface area contributed by atoms with E-state index in [1.54, 1.807) is 22.9 Å². The second kappa shape index (κ2) is 8.20. The molecular weight excluding hydrogens is 402 g/mol. The number of para-hydroxylation sites is 2. The monoisotopic (exact) mass is 423 g/mol. The average molecular weight is 424 g/mol. The molecule has 2 heterocycles. The molecule has 1 amide bonds. The van der Waals surface area contributed by atoms with Crippen LogP contribution >= 0.6 is 11.6 Å². The highest BCUT2D eigenvalue weighted by Gasteiger charge is 2.22. The third kappa shape index (κ3) is 3.64. The average Bonchev–Trinajstić information content (AvgIpc) is 3.28. The first-order valence-corrected chi connectivity index (χ1v) is 10.1. The fourth-order valence-corrected chi connectivity index (χ4v) is 3.81. The van der Waals surface area contributed by atoms with Gasteiger partial charge in [0.05, 0.1) is 11.0 Å². The topological polar surface area (TPSA) is 73.8 Å². The van der Waals surface area contributed by atoms with Crippen LogP contribution in [-0.4, -0.2) is 24.6 Å². The smallest absolute Gasteiger partial charge is 0.329 e. The number of rotatable bonds is 6. The van der Waals surface area contributed by atoms with Gasteiger partial charge in [-0.05, 0) is 36.8 Å². The Labute approximate surface area is 178 Å². The molecule has 1 N–H and O–H groups in total. The van der Waals surface area contributed by atoms with Crippen LogP contribution in [-0.2, 0) is 24.9 Å². The number of amides is 1. The molecule has 0 saturated heterocycles. The molecule has 1 atom stereocenters. The van der Waals surface area contributed by atoms with Crippen LogP contribution in [0.1, 0.15) is 24.4 Å². The van der Waals surface area contributed by atoms with Crippen molar-refractivity contribution in [1.29, 1.82) is 0 Å². The Balaban J connectivity index is 1.67. The summed E-state index contributed by atoms with van der Waals surface area (Å²) in [6.45, 7) is 2.37. The summed E-state index contributed by atoms with van der Waals surface area (Å²) in [6, 6.07) is 14.3. The van der Waals surface area contributed by atoms with Crippen molar-refractivity contribution < 1.29 is 4.79 Å². The van der Waals surface area contributed by atoms with Crippen LogP contribution in [0.25, 0.3) is 11.0 Å². The minimum absolute atomic E-state index is 0.0825. The van der Waals surface area contributed by atoms with Gasteiger partial charge in [0, 0.05) is 31.0 Å². The first kappa shape index (κ1) is 20.0. The Bertz CT molecular complexity index is 1250. The van der Waals surface area contributed by atoms with E-state index in [1.165, 1.54) is 4.57 Å². The molecule has 0 radical (unpaired) electrons. The Hall–Kier alpha value is -3.32. The van der Waals surface area contributed by atoms with Gasteiger partial charge in [0.15, 0.2) is 0 Å². The Morgan fingerprint density at radius 3 is 2.37 bits per heavy atom. The molecule has 0 saturated carbocycles.